The third kappa shape index (κ3) is 8.79. The van der Waals surface area contributed by atoms with Crippen LogP contribution in [0.25, 0.3) is 0 Å². The summed E-state index contributed by atoms with van der Waals surface area (Å²) in [5, 5.41) is 6.80. The third-order valence-corrected chi connectivity index (χ3v) is 5.32. The molecule has 0 aliphatic carbocycles. The maximum absolute atomic E-state index is 5.44. The van der Waals surface area contributed by atoms with Crippen LogP contribution in [0.4, 0.5) is 0 Å². The van der Waals surface area contributed by atoms with Gasteiger partial charge in [0, 0.05) is 36.5 Å². The average molecular weight is 458 g/mol. The molecule has 0 aromatic carbocycles. The summed E-state index contributed by atoms with van der Waals surface area (Å²) in [6.07, 6.45) is 2.15. The summed E-state index contributed by atoms with van der Waals surface area (Å²) in [6.45, 7) is 17.3. The first-order valence-electron chi connectivity index (χ1n) is 8.21. The van der Waals surface area contributed by atoms with E-state index in [1.54, 1.807) is 0 Å². The molecule has 1 rings (SSSR count). The van der Waals surface area contributed by atoms with Gasteiger partial charge in [0.2, 0.25) is 0 Å². The first kappa shape index (κ1) is 23.3. The van der Waals surface area contributed by atoms with Gasteiger partial charge in [0.25, 0.3) is 0 Å². The van der Waals surface area contributed by atoms with Crippen molar-refractivity contribution >= 4 is 41.7 Å². The largest absolute Gasteiger partial charge is 0.379 e. The average Bonchev–Trinajstić information content (AvgIpc) is 2.51. The normalized spacial score (nSPS) is 17.6. The Balaban J connectivity index is 0.00000484. The van der Waals surface area contributed by atoms with Crippen LogP contribution >= 0.6 is 35.7 Å². The second kappa shape index (κ2) is 11.0. The van der Waals surface area contributed by atoms with Gasteiger partial charge in [-0.2, -0.15) is 11.8 Å². The van der Waals surface area contributed by atoms with Gasteiger partial charge in [-0.1, -0.05) is 0 Å². The maximum atomic E-state index is 5.44. The lowest BCUT2D eigenvalue weighted by atomic mass is 10.0. The number of hydrogen-bond donors (Lipinski definition) is 2. The van der Waals surface area contributed by atoms with Gasteiger partial charge in [-0.15, -0.1) is 24.0 Å². The number of thioether (sulfide) groups is 1. The number of guanidine groups is 1. The number of morpholine rings is 1. The second-order valence-electron chi connectivity index (χ2n) is 6.92. The van der Waals surface area contributed by atoms with Gasteiger partial charge in [-0.3, -0.25) is 9.89 Å². The van der Waals surface area contributed by atoms with E-state index >= 15 is 0 Å². The van der Waals surface area contributed by atoms with E-state index in [2.05, 4.69) is 56.4 Å². The smallest absolute Gasteiger partial charge is 0.191 e. The molecular formula is C16H35IN4OS. The highest BCUT2D eigenvalue weighted by atomic mass is 127. The van der Waals surface area contributed by atoms with Crippen LogP contribution in [0.1, 0.15) is 34.6 Å². The zero-order chi connectivity index (χ0) is 16.6. The molecule has 5 nitrogen and oxygen atoms in total. The summed E-state index contributed by atoms with van der Waals surface area (Å²) >= 11 is 1.87. The van der Waals surface area contributed by atoms with Crippen LogP contribution in [-0.2, 0) is 4.74 Å². The van der Waals surface area contributed by atoms with Gasteiger partial charge in [0.15, 0.2) is 5.96 Å². The zero-order valence-electron chi connectivity index (χ0n) is 15.6. The quantitative estimate of drug-likeness (QED) is 0.349. The van der Waals surface area contributed by atoms with E-state index in [9.17, 15) is 0 Å². The number of ether oxygens (including phenoxy) is 1. The molecule has 1 saturated heterocycles. The van der Waals surface area contributed by atoms with Gasteiger partial charge < -0.3 is 15.4 Å². The van der Waals surface area contributed by atoms with Crippen LogP contribution in [0.3, 0.4) is 0 Å². The van der Waals surface area contributed by atoms with Gasteiger partial charge in [-0.25, -0.2) is 0 Å². The Hall–Kier alpha value is 0.270. The Labute approximate surface area is 163 Å². The molecule has 0 saturated carbocycles. The van der Waals surface area contributed by atoms with Crippen LogP contribution in [0.5, 0.6) is 0 Å². The molecule has 0 aromatic rings. The van der Waals surface area contributed by atoms with Crippen molar-refractivity contribution < 1.29 is 4.74 Å². The molecular weight excluding hydrogens is 423 g/mol. The number of rotatable bonds is 7. The predicted octanol–water partition coefficient (Wildman–Crippen LogP) is 2.41. The molecule has 0 unspecified atom stereocenters. The van der Waals surface area contributed by atoms with Gasteiger partial charge >= 0.3 is 0 Å². The molecule has 1 heterocycles. The van der Waals surface area contributed by atoms with Gasteiger partial charge in [0.1, 0.15) is 0 Å². The Bertz CT molecular complexity index is 358. The molecule has 23 heavy (non-hydrogen) atoms. The van der Waals surface area contributed by atoms with Crippen molar-refractivity contribution in [1.29, 1.82) is 0 Å². The summed E-state index contributed by atoms with van der Waals surface area (Å²) in [6, 6.07) is 0. The van der Waals surface area contributed by atoms with Crippen LogP contribution < -0.4 is 10.6 Å². The Morgan fingerprint density at radius 3 is 2.30 bits per heavy atom. The highest BCUT2D eigenvalue weighted by Gasteiger charge is 2.28. The molecule has 0 bridgehead atoms. The number of aliphatic imine (C=N–C) groups is 1. The molecule has 7 heteroatoms. The van der Waals surface area contributed by atoms with Crippen molar-refractivity contribution in [2.45, 2.75) is 44.9 Å². The van der Waals surface area contributed by atoms with E-state index in [1.807, 2.05) is 11.8 Å². The first-order valence-corrected chi connectivity index (χ1v) is 9.43. The van der Waals surface area contributed by atoms with E-state index < -0.39 is 0 Å². The van der Waals surface area contributed by atoms with Gasteiger partial charge in [-0.05, 0) is 40.9 Å². The van der Waals surface area contributed by atoms with E-state index in [-0.39, 0.29) is 34.3 Å². The third-order valence-electron chi connectivity index (χ3n) is 4.07. The van der Waals surface area contributed by atoms with E-state index in [0.717, 1.165) is 51.9 Å². The van der Waals surface area contributed by atoms with Crippen molar-refractivity contribution in [1.82, 2.24) is 15.5 Å². The van der Waals surface area contributed by atoms with Crippen molar-refractivity contribution in [3.63, 3.8) is 0 Å². The minimum absolute atomic E-state index is 0. The zero-order valence-corrected chi connectivity index (χ0v) is 18.7. The summed E-state index contributed by atoms with van der Waals surface area (Å²) in [5.41, 5.74) is 0.0567. The monoisotopic (exact) mass is 458 g/mol. The Morgan fingerprint density at radius 1 is 1.17 bits per heavy atom. The number of hydrogen-bond acceptors (Lipinski definition) is 4. The van der Waals surface area contributed by atoms with E-state index in [0.29, 0.717) is 0 Å². The number of nitrogens with zero attached hydrogens (tertiary/aromatic N) is 2. The molecule has 0 atom stereocenters. The van der Waals surface area contributed by atoms with Crippen LogP contribution in [0, 0.1) is 0 Å². The fraction of sp³-hybridized carbons (Fsp3) is 0.938. The molecule has 0 radical (unpaired) electrons. The molecule has 1 aliphatic rings. The van der Waals surface area contributed by atoms with Crippen molar-refractivity contribution in [2.24, 2.45) is 4.99 Å². The SMILES string of the molecule is CCNC(=NCC(C)(C)N1CCOCC1)NCC(C)(C)SC.I. The fourth-order valence-electron chi connectivity index (χ4n) is 2.25. The molecule has 1 fully saturated rings. The lowest BCUT2D eigenvalue weighted by molar-refractivity contribution is -0.00683. The Morgan fingerprint density at radius 2 is 1.78 bits per heavy atom. The standard InChI is InChI=1S/C16H34N4OS.HI/c1-7-17-14(19-13-16(4,5)22-6)18-12-15(2,3)20-8-10-21-11-9-20;/h7-13H2,1-6H3,(H2,17,18,19);1H. The van der Waals surface area contributed by atoms with Crippen molar-refractivity contribution in [3.8, 4) is 0 Å². The van der Waals surface area contributed by atoms with Gasteiger partial charge in [0.05, 0.1) is 19.8 Å². The number of nitrogens with one attached hydrogen (secondary N) is 2. The first-order chi connectivity index (χ1) is 10.3. The van der Waals surface area contributed by atoms with Crippen molar-refractivity contribution in [3.05, 3.63) is 0 Å². The van der Waals surface area contributed by atoms with Crippen molar-refractivity contribution in [2.75, 3.05) is 52.2 Å². The van der Waals surface area contributed by atoms with E-state index in [1.165, 1.54) is 0 Å². The summed E-state index contributed by atoms with van der Waals surface area (Å²) in [5.74, 6) is 0.908. The number of halogens is 1. The van der Waals surface area contributed by atoms with Crippen LogP contribution in [0.2, 0.25) is 0 Å². The molecule has 0 spiro atoms. The van der Waals surface area contributed by atoms with Crippen LogP contribution in [0.15, 0.2) is 4.99 Å². The lowest BCUT2D eigenvalue weighted by Crippen LogP contribution is -2.52. The van der Waals surface area contributed by atoms with E-state index in [4.69, 9.17) is 9.73 Å². The molecule has 0 aromatic heterocycles. The topological polar surface area (TPSA) is 48.9 Å². The fourth-order valence-corrected chi connectivity index (χ4v) is 2.47. The minimum Gasteiger partial charge on any atom is -0.379 e. The molecule has 0 amide bonds. The summed E-state index contributed by atoms with van der Waals surface area (Å²) < 4.78 is 5.65. The summed E-state index contributed by atoms with van der Waals surface area (Å²) in [4.78, 5) is 7.27. The maximum Gasteiger partial charge on any atom is 0.191 e. The molecule has 138 valence electrons. The Kier molecular flexibility index (Phi) is 11.1. The predicted molar refractivity (Wildman–Crippen MR) is 113 cm³/mol. The summed E-state index contributed by atoms with van der Waals surface area (Å²) in [7, 11) is 0. The lowest BCUT2D eigenvalue weighted by Gasteiger charge is -2.40. The molecule has 1 aliphatic heterocycles. The minimum atomic E-state index is 0. The second-order valence-corrected chi connectivity index (χ2v) is 8.44. The van der Waals surface area contributed by atoms with Crippen LogP contribution in [-0.4, -0.2) is 73.3 Å². The molecule has 2 N–H and O–H groups in total. The highest BCUT2D eigenvalue weighted by Crippen LogP contribution is 2.19. The highest BCUT2D eigenvalue weighted by molar-refractivity contribution is 14.0.